The summed E-state index contributed by atoms with van der Waals surface area (Å²) >= 11 is 1.20. The highest BCUT2D eigenvalue weighted by Crippen LogP contribution is 2.28. The molecule has 0 radical (unpaired) electrons. The molecule has 5 nitrogen and oxygen atoms in total. The summed E-state index contributed by atoms with van der Waals surface area (Å²) in [5.74, 6) is -0.122. The van der Waals surface area contributed by atoms with Gasteiger partial charge in [0.1, 0.15) is 0 Å². The highest BCUT2D eigenvalue weighted by atomic mass is 32.2. The first-order valence-corrected chi connectivity index (χ1v) is 4.71. The summed E-state index contributed by atoms with van der Waals surface area (Å²) in [5, 5.41) is 10.5. The van der Waals surface area contributed by atoms with E-state index in [4.69, 9.17) is 0 Å². The van der Waals surface area contributed by atoms with Gasteiger partial charge in [-0.1, -0.05) is 0 Å². The lowest BCUT2D eigenvalue weighted by atomic mass is 10.1. The molecule has 0 unspecified atom stereocenters. The molecule has 1 aliphatic rings. The summed E-state index contributed by atoms with van der Waals surface area (Å²) in [6.45, 7) is 0. The van der Waals surface area contributed by atoms with Crippen LogP contribution >= 0.6 is 11.9 Å². The number of carbonyl (C=O) groups excluding carboxylic acids is 1. The van der Waals surface area contributed by atoms with Crippen molar-refractivity contribution < 1.29 is 9.72 Å². The lowest BCUT2D eigenvalue weighted by molar-refractivity contribution is -0.385. The van der Waals surface area contributed by atoms with Gasteiger partial charge in [0, 0.05) is 17.0 Å². The van der Waals surface area contributed by atoms with E-state index in [1.165, 1.54) is 24.1 Å². The molecule has 1 aromatic rings. The van der Waals surface area contributed by atoms with Gasteiger partial charge in [0.15, 0.2) is 0 Å². The second kappa shape index (κ2) is 3.30. The second-order valence-corrected chi connectivity index (χ2v) is 3.70. The van der Waals surface area contributed by atoms with Gasteiger partial charge >= 0.3 is 0 Å². The highest BCUT2D eigenvalue weighted by Gasteiger charge is 2.18. The van der Waals surface area contributed by atoms with Crippen LogP contribution in [0.2, 0.25) is 0 Å². The minimum absolute atomic E-state index is 0.0269. The van der Waals surface area contributed by atoms with E-state index in [-0.39, 0.29) is 18.0 Å². The van der Waals surface area contributed by atoms with E-state index in [2.05, 4.69) is 4.72 Å². The summed E-state index contributed by atoms with van der Waals surface area (Å²) in [6, 6.07) is 4.53. The molecule has 0 saturated heterocycles. The van der Waals surface area contributed by atoms with Gasteiger partial charge in [-0.15, -0.1) is 0 Å². The van der Waals surface area contributed by atoms with Crippen LogP contribution in [0.3, 0.4) is 0 Å². The number of hydrogen-bond donors (Lipinski definition) is 1. The van der Waals surface area contributed by atoms with Gasteiger partial charge in [-0.3, -0.25) is 19.6 Å². The molecule has 1 heterocycles. The molecule has 72 valence electrons. The maximum absolute atomic E-state index is 11.0. The number of nitro groups is 1. The van der Waals surface area contributed by atoms with Gasteiger partial charge in [-0.05, 0) is 23.6 Å². The summed E-state index contributed by atoms with van der Waals surface area (Å²) in [6.07, 6.45) is 0.212. The third-order valence-electron chi connectivity index (χ3n) is 1.88. The number of non-ortho nitro benzene ring substituents is 1. The molecule has 1 N–H and O–H groups in total. The minimum atomic E-state index is -0.461. The van der Waals surface area contributed by atoms with Gasteiger partial charge < -0.3 is 0 Å². The molecule has 2 rings (SSSR count). The Kier molecular flexibility index (Phi) is 2.12. The fourth-order valence-electron chi connectivity index (χ4n) is 1.24. The molecule has 0 atom stereocenters. The Morgan fingerprint density at radius 1 is 1.50 bits per heavy atom. The van der Waals surface area contributed by atoms with Crippen LogP contribution in [0, 0.1) is 10.1 Å². The maximum Gasteiger partial charge on any atom is 0.269 e. The smallest absolute Gasteiger partial charge is 0.269 e. The van der Waals surface area contributed by atoms with Crippen molar-refractivity contribution in [1.29, 1.82) is 0 Å². The number of carbonyl (C=O) groups is 1. The van der Waals surface area contributed by atoms with Gasteiger partial charge in [-0.2, -0.15) is 0 Å². The predicted octanol–water partition coefficient (Wildman–Crippen LogP) is 1.27. The van der Waals surface area contributed by atoms with E-state index in [1.54, 1.807) is 6.07 Å². The molecule has 6 heteroatoms. The van der Waals surface area contributed by atoms with Crippen molar-refractivity contribution in [3.05, 3.63) is 33.9 Å². The van der Waals surface area contributed by atoms with Crippen LogP contribution in [-0.2, 0) is 11.2 Å². The van der Waals surface area contributed by atoms with Gasteiger partial charge in [0.25, 0.3) is 5.69 Å². The van der Waals surface area contributed by atoms with Crippen molar-refractivity contribution >= 4 is 23.5 Å². The number of fused-ring (bicyclic) bond motifs is 1. The van der Waals surface area contributed by atoms with Crippen LogP contribution in [0.15, 0.2) is 23.1 Å². The molecular weight excluding hydrogens is 204 g/mol. The van der Waals surface area contributed by atoms with E-state index in [1.807, 2.05) is 0 Å². The molecule has 0 saturated carbocycles. The molecule has 0 spiro atoms. The first-order valence-electron chi connectivity index (χ1n) is 3.90. The summed E-state index contributed by atoms with van der Waals surface area (Å²) in [7, 11) is 0. The molecule has 0 fully saturated rings. The van der Waals surface area contributed by atoms with Crippen molar-refractivity contribution in [3.63, 3.8) is 0 Å². The summed E-state index contributed by atoms with van der Waals surface area (Å²) in [4.78, 5) is 21.9. The molecule has 0 aliphatic carbocycles. The Morgan fingerprint density at radius 2 is 2.29 bits per heavy atom. The van der Waals surface area contributed by atoms with Crippen LogP contribution < -0.4 is 4.72 Å². The zero-order chi connectivity index (χ0) is 10.1. The van der Waals surface area contributed by atoms with Crippen molar-refractivity contribution in [2.24, 2.45) is 0 Å². The number of hydrogen-bond acceptors (Lipinski definition) is 4. The number of nitrogens with zero attached hydrogens (tertiary/aromatic N) is 1. The van der Waals surface area contributed by atoms with Crippen molar-refractivity contribution in [3.8, 4) is 0 Å². The number of nitro benzene ring substituents is 1. The van der Waals surface area contributed by atoms with Crippen molar-refractivity contribution in [1.82, 2.24) is 4.72 Å². The zero-order valence-electron chi connectivity index (χ0n) is 7.02. The molecule has 1 aliphatic heterocycles. The van der Waals surface area contributed by atoms with E-state index in [0.29, 0.717) is 5.56 Å². The SMILES string of the molecule is O=C1Cc2cc([N+](=O)[O-])ccc2SN1. The van der Waals surface area contributed by atoms with Crippen LogP contribution in [-0.4, -0.2) is 10.8 Å². The molecule has 14 heavy (non-hydrogen) atoms. The summed E-state index contributed by atoms with van der Waals surface area (Å²) < 4.78 is 2.59. The Morgan fingerprint density at radius 3 is 3.00 bits per heavy atom. The van der Waals surface area contributed by atoms with Gasteiger partial charge in [0.2, 0.25) is 5.91 Å². The first kappa shape index (κ1) is 9.01. The molecule has 0 bridgehead atoms. The van der Waals surface area contributed by atoms with Crippen LogP contribution in [0.5, 0.6) is 0 Å². The highest BCUT2D eigenvalue weighted by molar-refractivity contribution is 7.98. The second-order valence-electron chi connectivity index (χ2n) is 2.85. The molecule has 1 amide bonds. The van der Waals surface area contributed by atoms with Crippen molar-refractivity contribution in [2.75, 3.05) is 0 Å². The lowest BCUT2D eigenvalue weighted by Crippen LogP contribution is -2.22. The quantitative estimate of drug-likeness (QED) is 0.430. The van der Waals surface area contributed by atoms with Gasteiger partial charge in [0.05, 0.1) is 11.3 Å². The minimum Gasteiger partial charge on any atom is -0.296 e. The normalized spacial score (nSPS) is 14.4. The molecule has 0 aromatic heterocycles. The van der Waals surface area contributed by atoms with Crippen molar-refractivity contribution in [2.45, 2.75) is 11.3 Å². The van der Waals surface area contributed by atoms with E-state index >= 15 is 0 Å². The first-order chi connectivity index (χ1) is 6.66. The largest absolute Gasteiger partial charge is 0.296 e. The maximum atomic E-state index is 11.0. The monoisotopic (exact) mass is 210 g/mol. The number of amides is 1. The number of benzene rings is 1. The lowest BCUT2D eigenvalue weighted by Gasteiger charge is -2.14. The van der Waals surface area contributed by atoms with E-state index < -0.39 is 4.92 Å². The third kappa shape index (κ3) is 1.56. The van der Waals surface area contributed by atoms with Crippen LogP contribution in [0.4, 0.5) is 5.69 Å². The Balaban J connectivity index is 2.42. The zero-order valence-corrected chi connectivity index (χ0v) is 7.84. The van der Waals surface area contributed by atoms with Crippen LogP contribution in [0.1, 0.15) is 5.56 Å². The average Bonchev–Trinajstić information content (AvgIpc) is 2.16. The van der Waals surface area contributed by atoms with Gasteiger partial charge in [-0.25, -0.2) is 0 Å². The fraction of sp³-hybridized carbons (Fsp3) is 0.125. The number of rotatable bonds is 1. The van der Waals surface area contributed by atoms with Crippen LogP contribution in [0.25, 0.3) is 0 Å². The molecule has 1 aromatic carbocycles. The third-order valence-corrected chi connectivity index (χ3v) is 2.83. The van der Waals surface area contributed by atoms with E-state index in [0.717, 1.165) is 4.90 Å². The summed E-state index contributed by atoms with van der Waals surface area (Å²) in [5.41, 5.74) is 0.743. The topological polar surface area (TPSA) is 72.2 Å². The molecular formula is C8H6N2O3S. The average molecular weight is 210 g/mol. The predicted molar refractivity (Wildman–Crippen MR) is 50.8 cm³/mol. The van der Waals surface area contributed by atoms with E-state index in [9.17, 15) is 14.9 Å². The Hall–Kier alpha value is -1.56. The Labute approximate surface area is 83.8 Å². The number of nitrogens with one attached hydrogen (secondary N) is 1. The fourth-order valence-corrected chi connectivity index (χ4v) is 1.93. The standard InChI is InChI=1S/C8H6N2O3S/c11-8-4-5-3-6(10(12)13)1-2-7(5)14-9-8/h1-3H,4H2,(H,9,11). The Bertz CT molecular complexity index is 419.